The van der Waals surface area contributed by atoms with Crippen LogP contribution in [0.1, 0.15) is 23.1 Å². The molecule has 1 aliphatic rings. The third-order valence-corrected chi connectivity index (χ3v) is 3.71. The van der Waals surface area contributed by atoms with Gasteiger partial charge in [-0.2, -0.15) is 0 Å². The van der Waals surface area contributed by atoms with Gasteiger partial charge in [-0.1, -0.05) is 18.2 Å². The van der Waals surface area contributed by atoms with E-state index in [0.717, 1.165) is 31.6 Å². The highest BCUT2D eigenvalue weighted by molar-refractivity contribution is 5.77. The Labute approximate surface area is 108 Å². The van der Waals surface area contributed by atoms with Crippen LogP contribution in [0.15, 0.2) is 18.2 Å². The molecule has 4 N–H and O–H groups in total. The summed E-state index contributed by atoms with van der Waals surface area (Å²) in [5.41, 5.74) is 14.7. The maximum absolute atomic E-state index is 11.1. The lowest BCUT2D eigenvalue weighted by Gasteiger charge is -2.17. The third-order valence-electron chi connectivity index (χ3n) is 3.71. The molecule has 18 heavy (non-hydrogen) atoms. The molecule has 1 amide bonds. The quantitative estimate of drug-likeness (QED) is 0.825. The molecule has 4 heteroatoms. The Morgan fingerprint density at radius 2 is 2.28 bits per heavy atom. The summed E-state index contributed by atoms with van der Waals surface area (Å²) in [4.78, 5) is 13.4. The molecule has 1 aromatic carbocycles. The van der Waals surface area contributed by atoms with E-state index in [-0.39, 0.29) is 11.8 Å². The summed E-state index contributed by atoms with van der Waals surface area (Å²) in [5.74, 6) is -0.152. The summed E-state index contributed by atoms with van der Waals surface area (Å²) in [6, 6.07) is 6.34. The zero-order valence-electron chi connectivity index (χ0n) is 10.9. The number of rotatable bonds is 4. The molecule has 1 fully saturated rings. The van der Waals surface area contributed by atoms with E-state index < -0.39 is 0 Å². The molecule has 1 atom stereocenters. The Balaban J connectivity index is 2.00. The highest BCUT2D eigenvalue weighted by Crippen LogP contribution is 2.20. The molecule has 1 heterocycles. The molecule has 1 aliphatic heterocycles. The topological polar surface area (TPSA) is 72.3 Å². The van der Waals surface area contributed by atoms with Crippen molar-refractivity contribution in [3.05, 3.63) is 34.9 Å². The van der Waals surface area contributed by atoms with E-state index in [0.29, 0.717) is 6.54 Å². The van der Waals surface area contributed by atoms with Crippen molar-refractivity contribution < 1.29 is 4.79 Å². The first-order valence-corrected chi connectivity index (χ1v) is 6.40. The number of amides is 1. The zero-order valence-corrected chi connectivity index (χ0v) is 10.9. The molecule has 1 saturated heterocycles. The predicted octanol–water partition coefficient (Wildman–Crippen LogP) is 0.761. The van der Waals surface area contributed by atoms with E-state index >= 15 is 0 Å². The molecular formula is C14H21N3O. The lowest BCUT2D eigenvalue weighted by atomic mass is 10.0. The molecule has 98 valence electrons. The van der Waals surface area contributed by atoms with Gasteiger partial charge < -0.3 is 11.5 Å². The lowest BCUT2D eigenvalue weighted by Crippen LogP contribution is -2.27. The van der Waals surface area contributed by atoms with E-state index in [9.17, 15) is 4.79 Å². The van der Waals surface area contributed by atoms with Crippen LogP contribution < -0.4 is 11.5 Å². The molecule has 0 aromatic heterocycles. The zero-order chi connectivity index (χ0) is 13.1. The van der Waals surface area contributed by atoms with Gasteiger partial charge in [-0.25, -0.2) is 0 Å². The van der Waals surface area contributed by atoms with Gasteiger partial charge in [0.25, 0.3) is 0 Å². The second kappa shape index (κ2) is 5.50. The molecule has 0 saturated carbocycles. The van der Waals surface area contributed by atoms with Crippen LogP contribution in [-0.4, -0.2) is 23.9 Å². The van der Waals surface area contributed by atoms with Crippen molar-refractivity contribution in [3.8, 4) is 0 Å². The van der Waals surface area contributed by atoms with Crippen molar-refractivity contribution in [2.75, 3.05) is 13.1 Å². The van der Waals surface area contributed by atoms with Crippen molar-refractivity contribution in [2.45, 2.75) is 26.4 Å². The smallest absolute Gasteiger partial charge is 0.221 e. The number of carbonyl (C=O) groups is 1. The van der Waals surface area contributed by atoms with E-state index in [1.165, 1.54) is 11.1 Å². The Morgan fingerprint density at radius 3 is 2.83 bits per heavy atom. The van der Waals surface area contributed by atoms with Crippen LogP contribution >= 0.6 is 0 Å². The Bertz CT molecular complexity index is 445. The fourth-order valence-corrected chi connectivity index (χ4v) is 2.51. The number of aryl methyl sites for hydroxylation is 1. The minimum Gasteiger partial charge on any atom is -0.369 e. The number of hydrogen-bond acceptors (Lipinski definition) is 3. The Morgan fingerprint density at radius 1 is 1.50 bits per heavy atom. The molecule has 4 nitrogen and oxygen atoms in total. The second-order valence-corrected chi connectivity index (χ2v) is 5.09. The molecule has 1 unspecified atom stereocenters. The van der Waals surface area contributed by atoms with Gasteiger partial charge in [0.2, 0.25) is 5.91 Å². The SMILES string of the molecule is Cc1cc(CN)ccc1CN1CCC(C(N)=O)C1. The van der Waals surface area contributed by atoms with Crippen LogP contribution in [0, 0.1) is 12.8 Å². The largest absolute Gasteiger partial charge is 0.369 e. The molecular weight excluding hydrogens is 226 g/mol. The first kappa shape index (κ1) is 13.1. The third kappa shape index (κ3) is 2.89. The molecule has 0 aliphatic carbocycles. The number of nitrogens with zero attached hydrogens (tertiary/aromatic N) is 1. The first-order valence-electron chi connectivity index (χ1n) is 6.40. The standard InChI is InChI=1S/C14H21N3O/c1-10-6-11(7-15)2-3-12(10)8-17-5-4-13(9-17)14(16)18/h2-3,6,13H,4-5,7-9,15H2,1H3,(H2,16,18). The summed E-state index contributed by atoms with van der Waals surface area (Å²) < 4.78 is 0. The van der Waals surface area contributed by atoms with Gasteiger partial charge >= 0.3 is 0 Å². The number of nitrogens with two attached hydrogens (primary N) is 2. The molecule has 0 spiro atoms. The number of primary amides is 1. The Kier molecular flexibility index (Phi) is 3.99. The maximum atomic E-state index is 11.1. The van der Waals surface area contributed by atoms with Crippen LogP contribution in [0.3, 0.4) is 0 Å². The van der Waals surface area contributed by atoms with Gasteiger partial charge in [0, 0.05) is 19.6 Å². The highest BCUT2D eigenvalue weighted by Gasteiger charge is 2.26. The van der Waals surface area contributed by atoms with Crippen LogP contribution in [-0.2, 0) is 17.9 Å². The number of benzene rings is 1. The van der Waals surface area contributed by atoms with E-state index in [1.807, 2.05) is 0 Å². The first-order chi connectivity index (χ1) is 8.60. The van der Waals surface area contributed by atoms with Crippen molar-refractivity contribution in [1.82, 2.24) is 4.90 Å². The summed E-state index contributed by atoms with van der Waals surface area (Å²) in [6.07, 6.45) is 0.884. The summed E-state index contributed by atoms with van der Waals surface area (Å²) in [5, 5.41) is 0. The van der Waals surface area contributed by atoms with E-state index in [4.69, 9.17) is 11.5 Å². The van der Waals surface area contributed by atoms with Gasteiger partial charge in [-0.15, -0.1) is 0 Å². The summed E-state index contributed by atoms with van der Waals surface area (Å²) in [6.45, 7) is 5.31. The Hall–Kier alpha value is -1.39. The predicted molar refractivity (Wildman–Crippen MR) is 71.6 cm³/mol. The number of hydrogen-bond donors (Lipinski definition) is 2. The van der Waals surface area contributed by atoms with Crippen molar-refractivity contribution in [3.63, 3.8) is 0 Å². The van der Waals surface area contributed by atoms with Gasteiger partial charge in [-0.05, 0) is 36.6 Å². The van der Waals surface area contributed by atoms with Gasteiger partial charge in [-0.3, -0.25) is 9.69 Å². The maximum Gasteiger partial charge on any atom is 0.221 e. The monoisotopic (exact) mass is 247 g/mol. The van der Waals surface area contributed by atoms with Crippen LogP contribution in [0.5, 0.6) is 0 Å². The normalized spacial score (nSPS) is 20.2. The van der Waals surface area contributed by atoms with Crippen molar-refractivity contribution >= 4 is 5.91 Å². The van der Waals surface area contributed by atoms with Crippen molar-refractivity contribution in [2.24, 2.45) is 17.4 Å². The second-order valence-electron chi connectivity index (χ2n) is 5.09. The minimum absolute atomic E-state index is 0.0219. The van der Waals surface area contributed by atoms with Crippen LogP contribution in [0.2, 0.25) is 0 Å². The molecule has 1 aromatic rings. The van der Waals surface area contributed by atoms with Crippen LogP contribution in [0.4, 0.5) is 0 Å². The number of carbonyl (C=O) groups excluding carboxylic acids is 1. The minimum atomic E-state index is -0.173. The fourth-order valence-electron chi connectivity index (χ4n) is 2.51. The van der Waals surface area contributed by atoms with Crippen LogP contribution in [0.25, 0.3) is 0 Å². The highest BCUT2D eigenvalue weighted by atomic mass is 16.1. The van der Waals surface area contributed by atoms with E-state index in [1.54, 1.807) is 0 Å². The number of likely N-dealkylation sites (tertiary alicyclic amines) is 1. The molecule has 0 radical (unpaired) electrons. The van der Waals surface area contributed by atoms with E-state index in [2.05, 4.69) is 30.0 Å². The van der Waals surface area contributed by atoms with Gasteiger partial charge in [0.15, 0.2) is 0 Å². The fraction of sp³-hybridized carbons (Fsp3) is 0.500. The summed E-state index contributed by atoms with van der Waals surface area (Å²) >= 11 is 0. The van der Waals surface area contributed by atoms with Gasteiger partial charge in [0.1, 0.15) is 0 Å². The molecule has 0 bridgehead atoms. The average Bonchev–Trinajstić information content (AvgIpc) is 2.80. The average molecular weight is 247 g/mol. The van der Waals surface area contributed by atoms with Gasteiger partial charge in [0.05, 0.1) is 5.92 Å². The van der Waals surface area contributed by atoms with Crippen molar-refractivity contribution in [1.29, 1.82) is 0 Å². The molecule has 2 rings (SSSR count). The summed E-state index contributed by atoms with van der Waals surface area (Å²) in [7, 11) is 0. The lowest BCUT2D eigenvalue weighted by molar-refractivity contribution is -0.121.